The lowest BCUT2D eigenvalue weighted by molar-refractivity contribution is -0.135. The number of hydrogen-bond donors (Lipinski definition) is 0. The molecule has 164 valence electrons. The lowest BCUT2D eigenvalue weighted by atomic mass is 9.91. The monoisotopic (exact) mass is 428 g/mol. The van der Waals surface area contributed by atoms with Crippen LogP contribution >= 0.6 is 0 Å². The van der Waals surface area contributed by atoms with Crippen LogP contribution < -0.4 is 0 Å². The first-order valence-corrected chi connectivity index (χ1v) is 11.6. The quantitative estimate of drug-likeness (QED) is 0.571. The largest absolute Gasteiger partial charge is 0.452 e. The Morgan fingerprint density at radius 1 is 0.875 bits per heavy atom. The molecule has 0 saturated carbocycles. The summed E-state index contributed by atoms with van der Waals surface area (Å²) in [5.74, 6) is -0.555. The van der Waals surface area contributed by atoms with Gasteiger partial charge >= 0.3 is 5.97 Å². The molecule has 2 heterocycles. The lowest BCUT2D eigenvalue weighted by Gasteiger charge is -2.28. The Morgan fingerprint density at radius 3 is 2.50 bits per heavy atom. The number of nitrogens with zero attached hydrogens (tertiary/aromatic N) is 2. The molecular weight excluding hydrogens is 400 g/mol. The van der Waals surface area contributed by atoms with Crippen molar-refractivity contribution in [1.82, 2.24) is 9.88 Å². The summed E-state index contributed by atoms with van der Waals surface area (Å²) >= 11 is 0. The second-order valence-electron chi connectivity index (χ2n) is 8.75. The van der Waals surface area contributed by atoms with Crippen molar-refractivity contribution in [2.24, 2.45) is 0 Å². The fraction of sp³-hybridized carbons (Fsp3) is 0.370. The van der Waals surface area contributed by atoms with E-state index >= 15 is 0 Å². The fourth-order valence-electron chi connectivity index (χ4n) is 4.96. The van der Waals surface area contributed by atoms with Crippen molar-refractivity contribution in [3.63, 3.8) is 0 Å². The second kappa shape index (κ2) is 9.11. The normalized spacial score (nSPS) is 15.9. The van der Waals surface area contributed by atoms with E-state index in [4.69, 9.17) is 9.72 Å². The predicted molar refractivity (Wildman–Crippen MR) is 123 cm³/mol. The van der Waals surface area contributed by atoms with Crippen molar-refractivity contribution in [3.05, 3.63) is 76.5 Å². The van der Waals surface area contributed by atoms with Crippen molar-refractivity contribution < 1.29 is 14.3 Å². The topological polar surface area (TPSA) is 59.5 Å². The first kappa shape index (κ1) is 20.7. The summed E-state index contributed by atoms with van der Waals surface area (Å²) in [4.78, 5) is 32.8. The minimum Gasteiger partial charge on any atom is -0.452 e. The average molecular weight is 429 g/mol. The third-order valence-corrected chi connectivity index (χ3v) is 6.68. The number of fused-ring (bicyclic) bond motifs is 3. The number of rotatable bonds is 3. The third kappa shape index (κ3) is 4.12. The molecule has 0 bridgehead atoms. The number of benzene rings is 2. The minimum absolute atomic E-state index is 0.144. The van der Waals surface area contributed by atoms with Crippen LogP contribution in [0.4, 0.5) is 0 Å². The van der Waals surface area contributed by atoms with Crippen molar-refractivity contribution in [2.75, 3.05) is 13.2 Å². The van der Waals surface area contributed by atoms with E-state index in [1.807, 2.05) is 36.4 Å². The molecule has 1 aromatic heterocycles. The second-order valence-corrected chi connectivity index (χ2v) is 8.75. The van der Waals surface area contributed by atoms with Gasteiger partial charge in [0.15, 0.2) is 6.61 Å². The van der Waals surface area contributed by atoms with E-state index in [9.17, 15) is 9.59 Å². The summed E-state index contributed by atoms with van der Waals surface area (Å²) in [5.41, 5.74) is 5.89. The zero-order valence-corrected chi connectivity index (χ0v) is 18.3. The fourth-order valence-corrected chi connectivity index (χ4v) is 4.96. The Balaban J connectivity index is 1.37. The van der Waals surface area contributed by atoms with Crippen LogP contribution in [-0.4, -0.2) is 34.9 Å². The Bertz CT molecular complexity index is 1170. The molecule has 32 heavy (non-hydrogen) atoms. The third-order valence-electron chi connectivity index (χ3n) is 6.68. The van der Waals surface area contributed by atoms with E-state index in [2.05, 4.69) is 12.1 Å². The number of aromatic nitrogens is 1. The van der Waals surface area contributed by atoms with E-state index in [-0.39, 0.29) is 12.5 Å². The number of carbonyl (C=O) groups is 2. The van der Waals surface area contributed by atoms with Crippen LogP contribution in [0.3, 0.4) is 0 Å². The molecule has 0 radical (unpaired) electrons. The highest BCUT2D eigenvalue weighted by Crippen LogP contribution is 2.29. The molecule has 3 aromatic rings. The van der Waals surface area contributed by atoms with Crippen molar-refractivity contribution >= 4 is 22.8 Å². The standard InChI is InChI=1S/C27H28N2O3/c30-25(29-16-15-19-9-5-6-10-20(19)17-29)18-32-27(31)26-21-11-3-1-2-4-13-23(21)28-24-14-8-7-12-22(24)26/h5-10,12,14H,1-4,11,13,15-18H2. The molecule has 0 spiro atoms. The summed E-state index contributed by atoms with van der Waals surface area (Å²) in [6.45, 7) is 0.994. The van der Waals surface area contributed by atoms with Gasteiger partial charge in [0.2, 0.25) is 0 Å². The van der Waals surface area contributed by atoms with Crippen molar-refractivity contribution in [3.8, 4) is 0 Å². The van der Waals surface area contributed by atoms with E-state index in [1.165, 1.54) is 17.5 Å². The number of para-hydroxylation sites is 1. The molecule has 2 aromatic carbocycles. The molecule has 5 rings (SSSR count). The maximum Gasteiger partial charge on any atom is 0.339 e. The minimum atomic E-state index is -0.411. The van der Waals surface area contributed by atoms with Gasteiger partial charge in [-0.3, -0.25) is 9.78 Å². The summed E-state index contributed by atoms with van der Waals surface area (Å²) in [7, 11) is 0. The zero-order valence-electron chi connectivity index (χ0n) is 18.3. The number of ether oxygens (including phenoxy) is 1. The van der Waals surface area contributed by atoms with Gasteiger partial charge in [-0.25, -0.2) is 4.79 Å². The number of amides is 1. The number of pyridine rings is 1. The predicted octanol–water partition coefficient (Wildman–Crippen LogP) is 4.64. The summed E-state index contributed by atoms with van der Waals surface area (Å²) in [6.07, 6.45) is 7.03. The number of hydrogen-bond acceptors (Lipinski definition) is 4. The summed E-state index contributed by atoms with van der Waals surface area (Å²) in [6, 6.07) is 15.9. The van der Waals surface area contributed by atoms with Crippen LogP contribution in [0.5, 0.6) is 0 Å². The van der Waals surface area contributed by atoms with Gasteiger partial charge in [0.25, 0.3) is 5.91 Å². The van der Waals surface area contributed by atoms with Crippen LogP contribution in [0.25, 0.3) is 10.9 Å². The highest BCUT2D eigenvalue weighted by Gasteiger charge is 2.25. The zero-order chi connectivity index (χ0) is 21.9. The molecule has 2 aliphatic rings. The molecular formula is C27H28N2O3. The van der Waals surface area contributed by atoms with E-state index in [1.54, 1.807) is 4.90 Å². The molecule has 0 fully saturated rings. The van der Waals surface area contributed by atoms with Gasteiger partial charge in [-0.2, -0.15) is 0 Å². The van der Waals surface area contributed by atoms with Gasteiger partial charge < -0.3 is 9.64 Å². The molecule has 0 N–H and O–H groups in total. The number of carbonyl (C=O) groups excluding carboxylic acids is 2. The van der Waals surface area contributed by atoms with E-state index < -0.39 is 5.97 Å². The molecule has 5 nitrogen and oxygen atoms in total. The first-order chi connectivity index (χ1) is 15.7. The van der Waals surface area contributed by atoms with E-state index in [0.29, 0.717) is 18.7 Å². The SMILES string of the molecule is O=C(OCC(=O)N1CCc2ccccc2C1)c1c2c(nc3ccccc13)CCCCCC2. The van der Waals surface area contributed by atoms with Gasteiger partial charge in [-0.15, -0.1) is 0 Å². The molecule has 0 unspecified atom stereocenters. The molecule has 1 aliphatic carbocycles. The highest BCUT2D eigenvalue weighted by atomic mass is 16.5. The molecule has 5 heteroatoms. The Hall–Kier alpha value is -3.21. The van der Waals surface area contributed by atoms with Gasteiger partial charge in [-0.05, 0) is 54.9 Å². The molecule has 1 amide bonds. The first-order valence-electron chi connectivity index (χ1n) is 11.6. The lowest BCUT2D eigenvalue weighted by Crippen LogP contribution is -2.38. The summed E-state index contributed by atoms with van der Waals surface area (Å²) in [5, 5.41) is 0.816. The maximum atomic E-state index is 13.3. The average Bonchev–Trinajstić information content (AvgIpc) is 2.81. The van der Waals surface area contributed by atoms with Crippen LogP contribution in [0, 0.1) is 0 Å². The number of esters is 1. The van der Waals surface area contributed by atoms with Crippen LogP contribution in [-0.2, 0) is 35.3 Å². The van der Waals surface area contributed by atoms with Crippen LogP contribution in [0.15, 0.2) is 48.5 Å². The van der Waals surface area contributed by atoms with Crippen molar-refractivity contribution in [1.29, 1.82) is 0 Å². The van der Waals surface area contributed by atoms with Gasteiger partial charge in [0.05, 0.1) is 11.1 Å². The Labute approximate surface area is 188 Å². The van der Waals surface area contributed by atoms with Crippen LogP contribution in [0.1, 0.15) is 58.4 Å². The van der Waals surface area contributed by atoms with Gasteiger partial charge in [0.1, 0.15) is 0 Å². The summed E-state index contributed by atoms with van der Waals surface area (Å²) < 4.78 is 5.62. The Morgan fingerprint density at radius 2 is 1.62 bits per heavy atom. The molecule has 1 aliphatic heterocycles. The van der Waals surface area contributed by atoms with E-state index in [0.717, 1.165) is 60.7 Å². The molecule has 0 atom stereocenters. The number of aryl methyl sites for hydroxylation is 1. The van der Waals surface area contributed by atoms with Crippen molar-refractivity contribution in [2.45, 2.75) is 51.5 Å². The maximum absolute atomic E-state index is 13.3. The highest BCUT2D eigenvalue weighted by molar-refractivity contribution is 6.05. The van der Waals surface area contributed by atoms with Gasteiger partial charge in [0, 0.05) is 24.2 Å². The van der Waals surface area contributed by atoms with Crippen LogP contribution in [0.2, 0.25) is 0 Å². The Kier molecular flexibility index (Phi) is 5.89. The smallest absolute Gasteiger partial charge is 0.339 e. The van der Waals surface area contributed by atoms with Gasteiger partial charge in [-0.1, -0.05) is 55.3 Å². The molecule has 0 saturated heterocycles.